The van der Waals surface area contributed by atoms with Gasteiger partial charge in [-0.15, -0.1) is 0 Å². The Morgan fingerprint density at radius 1 is 1.27 bits per heavy atom. The van der Waals surface area contributed by atoms with Gasteiger partial charge in [0.1, 0.15) is 0 Å². The molecule has 0 spiro atoms. The second-order valence-corrected chi connectivity index (χ2v) is 3.15. The van der Waals surface area contributed by atoms with Gasteiger partial charge in [0.15, 0.2) is 12.1 Å². The highest BCUT2D eigenvalue weighted by Gasteiger charge is 1.98. The van der Waals surface area contributed by atoms with E-state index in [-0.39, 0.29) is 5.78 Å². The predicted molar refractivity (Wildman–Crippen MR) is 59.5 cm³/mol. The van der Waals surface area contributed by atoms with Crippen LogP contribution in [0, 0.1) is 0 Å². The largest absolute Gasteiger partial charge is 0.385 e. The number of Topliss-reactive ketones (excluding diaryl/α,β-unsaturated/α-hetero) is 1. The summed E-state index contributed by atoms with van der Waals surface area (Å²) in [5, 5.41) is 2.76. The van der Waals surface area contributed by atoms with E-state index in [1.165, 1.54) is 6.92 Å². The van der Waals surface area contributed by atoms with Gasteiger partial charge in [-0.1, -0.05) is 24.3 Å². The standard InChI is InChI=1S/C12H13NO2/c1-9(15)11-5-3-10(4-6-11)7-12(8-14)13-2/h3-8,13H,1-2H3/b12-7-. The van der Waals surface area contributed by atoms with Gasteiger partial charge in [-0.25, -0.2) is 0 Å². The number of rotatable bonds is 4. The molecule has 3 nitrogen and oxygen atoms in total. The third-order valence-corrected chi connectivity index (χ3v) is 2.06. The Morgan fingerprint density at radius 3 is 2.27 bits per heavy atom. The van der Waals surface area contributed by atoms with Crippen molar-refractivity contribution in [3.8, 4) is 0 Å². The van der Waals surface area contributed by atoms with E-state index < -0.39 is 0 Å². The summed E-state index contributed by atoms with van der Waals surface area (Å²) >= 11 is 0. The average Bonchev–Trinajstić information content (AvgIpc) is 2.26. The van der Waals surface area contributed by atoms with E-state index in [2.05, 4.69) is 5.32 Å². The van der Waals surface area contributed by atoms with E-state index in [4.69, 9.17) is 0 Å². The molecule has 15 heavy (non-hydrogen) atoms. The third-order valence-electron chi connectivity index (χ3n) is 2.06. The fraction of sp³-hybridized carbons (Fsp3) is 0.167. The van der Waals surface area contributed by atoms with Gasteiger partial charge in [-0.2, -0.15) is 0 Å². The number of likely N-dealkylation sites (N-methyl/N-ethyl adjacent to an activating group) is 1. The highest BCUT2D eigenvalue weighted by molar-refractivity contribution is 5.94. The lowest BCUT2D eigenvalue weighted by atomic mass is 10.1. The van der Waals surface area contributed by atoms with E-state index in [1.54, 1.807) is 37.4 Å². The highest BCUT2D eigenvalue weighted by Crippen LogP contribution is 2.07. The van der Waals surface area contributed by atoms with Gasteiger partial charge < -0.3 is 5.32 Å². The number of aldehydes is 1. The zero-order valence-corrected chi connectivity index (χ0v) is 8.78. The van der Waals surface area contributed by atoms with Crippen LogP contribution in [0.25, 0.3) is 6.08 Å². The molecule has 0 fully saturated rings. The molecule has 0 aliphatic heterocycles. The molecule has 0 aromatic heterocycles. The molecule has 0 aliphatic carbocycles. The van der Waals surface area contributed by atoms with Crippen LogP contribution in [0.2, 0.25) is 0 Å². The third kappa shape index (κ3) is 3.06. The van der Waals surface area contributed by atoms with Crippen LogP contribution in [0.4, 0.5) is 0 Å². The van der Waals surface area contributed by atoms with Gasteiger partial charge in [0.25, 0.3) is 0 Å². The lowest BCUT2D eigenvalue weighted by Gasteiger charge is -1.99. The van der Waals surface area contributed by atoms with Crippen LogP contribution in [0.5, 0.6) is 0 Å². The molecular formula is C12H13NO2. The summed E-state index contributed by atoms with van der Waals surface area (Å²) in [5.74, 6) is 0.0368. The minimum atomic E-state index is 0.0368. The van der Waals surface area contributed by atoms with E-state index >= 15 is 0 Å². The SMILES string of the molecule is CN/C(C=O)=C\c1ccc(C(C)=O)cc1. The topological polar surface area (TPSA) is 46.2 Å². The van der Waals surface area contributed by atoms with Crippen LogP contribution in [0.1, 0.15) is 22.8 Å². The quantitative estimate of drug-likeness (QED) is 0.460. The van der Waals surface area contributed by atoms with Gasteiger partial charge in [0.2, 0.25) is 0 Å². The van der Waals surface area contributed by atoms with Crippen LogP contribution in [-0.4, -0.2) is 19.1 Å². The Bertz CT molecular complexity index is 391. The summed E-state index contributed by atoms with van der Waals surface area (Å²) in [6, 6.07) is 7.09. The van der Waals surface area contributed by atoms with E-state index in [0.717, 1.165) is 11.8 Å². The Balaban J connectivity index is 2.94. The molecule has 0 saturated heterocycles. The maximum Gasteiger partial charge on any atom is 0.165 e. The van der Waals surface area contributed by atoms with Crippen molar-refractivity contribution in [2.24, 2.45) is 0 Å². The van der Waals surface area contributed by atoms with Gasteiger partial charge in [-0.3, -0.25) is 9.59 Å². The van der Waals surface area contributed by atoms with Crippen molar-refractivity contribution < 1.29 is 9.59 Å². The summed E-state index contributed by atoms with van der Waals surface area (Å²) in [4.78, 5) is 21.5. The van der Waals surface area contributed by atoms with E-state index in [9.17, 15) is 9.59 Å². The molecule has 78 valence electrons. The van der Waals surface area contributed by atoms with Crippen molar-refractivity contribution >= 4 is 18.1 Å². The monoisotopic (exact) mass is 203 g/mol. The first-order valence-corrected chi connectivity index (χ1v) is 4.63. The zero-order valence-electron chi connectivity index (χ0n) is 8.78. The second-order valence-electron chi connectivity index (χ2n) is 3.15. The van der Waals surface area contributed by atoms with Crippen molar-refractivity contribution in [1.29, 1.82) is 0 Å². The number of allylic oxidation sites excluding steroid dienone is 1. The number of carbonyl (C=O) groups excluding carboxylic acids is 2. The second kappa shape index (κ2) is 5.10. The molecule has 0 saturated carbocycles. The molecule has 0 amide bonds. The predicted octanol–water partition coefficient (Wildman–Crippen LogP) is 1.65. The van der Waals surface area contributed by atoms with Gasteiger partial charge >= 0.3 is 0 Å². The van der Waals surface area contributed by atoms with Crippen LogP contribution >= 0.6 is 0 Å². The molecule has 0 aliphatic rings. The van der Waals surface area contributed by atoms with Gasteiger partial charge in [0, 0.05) is 12.6 Å². The smallest absolute Gasteiger partial charge is 0.165 e. The number of benzene rings is 1. The Morgan fingerprint density at radius 2 is 1.87 bits per heavy atom. The fourth-order valence-corrected chi connectivity index (χ4v) is 1.16. The molecule has 0 bridgehead atoms. The first kappa shape index (κ1) is 11.2. The molecule has 1 N–H and O–H groups in total. The minimum Gasteiger partial charge on any atom is -0.385 e. The average molecular weight is 203 g/mol. The van der Waals surface area contributed by atoms with Crippen molar-refractivity contribution in [1.82, 2.24) is 5.32 Å². The maximum absolute atomic E-state index is 11.0. The Hall–Kier alpha value is -1.90. The lowest BCUT2D eigenvalue weighted by molar-refractivity contribution is -0.105. The van der Waals surface area contributed by atoms with E-state index in [0.29, 0.717) is 11.3 Å². The van der Waals surface area contributed by atoms with Crippen molar-refractivity contribution in [3.05, 3.63) is 41.1 Å². The molecule has 1 rings (SSSR count). The summed E-state index contributed by atoms with van der Waals surface area (Å²) in [7, 11) is 1.68. The number of nitrogens with one attached hydrogen (secondary N) is 1. The van der Waals surface area contributed by atoms with E-state index in [1.807, 2.05) is 0 Å². The summed E-state index contributed by atoms with van der Waals surface area (Å²) in [6.07, 6.45) is 2.47. The molecule has 1 aromatic carbocycles. The normalized spacial score (nSPS) is 10.9. The first-order chi connectivity index (χ1) is 7.17. The fourth-order valence-electron chi connectivity index (χ4n) is 1.16. The van der Waals surface area contributed by atoms with Crippen LogP contribution < -0.4 is 5.32 Å². The van der Waals surface area contributed by atoms with Crippen LogP contribution in [0.15, 0.2) is 30.0 Å². The Kier molecular flexibility index (Phi) is 3.80. The molecular weight excluding hydrogens is 190 g/mol. The van der Waals surface area contributed by atoms with Gasteiger partial charge in [0.05, 0.1) is 5.70 Å². The number of ketones is 1. The number of carbonyl (C=O) groups is 2. The maximum atomic E-state index is 11.0. The molecule has 0 radical (unpaired) electrons. The van der Waals surface area contributed by atoms with Crippen LogP contribution in [-0.2, 0) is 4.79 Å². The van der Waals surface area contributed by atoms with Crippen molar-refractivity contribution in [3.63, 3.8) is 0 Å². The molecule has 0 unspecified atom stereocenters. The lowest BCUT2D eigenvalue weighted by Crippen LogP contribution is -2.06. The van der Waals surface area contributed by atoms with Crippen molar-refractivity contribution in [2.75, 3.05) is 7.05 Å². The minimum absolute atomic E-state index is 0.0368. The molecule has 3 heteroatoms. The van der Waals surface area contributed by atoms with Crippen LogP contribution in [0.3, 0.4) is 0 Å². The zero-order chi connectivity index (χ0) is 11.3. The number of hydrogen-bond donors (Lipinski definition) is 1. The van der Waals surface area contributed by atoms with Gasteiger partial charge in [-0.05, 0) is 18.6 Å². The molecule has 1 aromatic rings. The number of hydrogen-bond acceptors (Lipinski definition) is 3. The summed E-state index contributed by atoms with van der Waals surface area (Å²) in [6.45, 7) is 1.52. The highest BCUT2D eigenvalue weighted by atomic mass is 16.1. The molecule has 0 atom stereocenters. The Labute approximate surface area is 88.8 Å². The summed E-state index contributed by atoms with van der Waals surface area (Å²) in [5.41, 5.74) is 2.06. The van der Waals surface area contributed by atoms with Crippen molar-refractivity contribution in [2.45, 2.75) is 6.92 Å². The first-order valence-electron chi connectivity index (χ1n) is 4.63. The molecule has 0 heterocycles. The summed E-state index contributed by atoms with van der Waals surface area (Å²) < 4.78 is 0.